The lowest BCUT2D eigenvalue weighted by atomic mass is 9.85. The fourth-order valence-electron chi connectivity index (χ4n) is 3.86. The van der Waals surface area contributed by atoms with E-state index in [-0.39, 0.29) is 29.4 Å². The second kappa shape index (κ2) is 6.54. The van der Waals surface area contributed by atoms with E-state index in [2.05, 4.69) is 0 Å². The van der Waals surface area contributed by atoms with Crippen molar-refractivity contribution in [2.24, 2.45) is 11.3 Å². The van der Waals surface area contributed by atoms with E-state index in [9.17, 15) is 14.4 Å². The summed E-state index contributed by atoms with van der Waals surface area (Å²) in [6.07, 6.45) is 1.83. The number of hydrogen-bond donors (Lipinski definition) is 0. The number of likely N-dealkylation sites (tertiary alicyclic amines) is 1. The van der Waals surface area contributed by atoms with Gasteiger partial charge in [-0.1, -0.05) is 13.8 Å². The Balaban J connectivity index is 1.88. The molecule has 2 saturated heterocycles. The van der Waals surface area contributed by atoms with Crippen LogP contribution in [0.3, 0.4) is 0 Å². The number of furan rings is 1. The molecule has 1 unspecified atom stereocenters. The average Bonchev–Trinajstić information content (AvgIpc) is 3.13. The van der Waals surface area contributed by atoms with Crippen LogP contribution in [0.5, 0.6) is 0 Å². The number of nitrogens with zero attached hydrogens (tertiary/aromatic N) is 3. The molecule has 2 fully saturated rings. The van der Waals surface area contributed by atoms with Crippen LogP contribution in [0.1, 0.15) is 30.8 Å². The molecule has 3 amide bonds. The molecule has 0 radical (unpaired) electrons. The summed E-state index contributed by atoms with van der Waals surface area (Å²) in [6, 6.07) is 3.32. The van der Waals surface area contributed by atoms with E-state index in [1.165, 1.54) is 6.26 Å². The number of amides is 3. The zero-order chi connectivity index (χ0) is 18.2. The Kier molecular flexibility index (Phi) is 4.58. The summed E-state index contributed by atoms with van der Waals surface area (Å²) in [6.45, 7) is 6.16. The molecule has 0 saturated carbocycles. The van der Waals surface area contributed by atoms with E-state index in [1.54, 1.807) is 29.0 Å². The molecule has 0 N–H and O–H groups in total. The summed E-state index contributed by atoms with van der Waals surface area (Å²) >= 11 is 0. The van der Waals surface area contributed by atoms with Gasteiger partial charge in [-0.2, -0.15) is 0 Å². The average molecular weight is 347 g/mol. The highest BCUT2D eigenvalue weighted by molar-refractivity contribution is 5.91. The van der Waals surface area contributed by atoms with Crippen LogP contribution in [-0.2, 0) is 9.59 Å². The number of carbonyl (C=O) groups excluding carboxylic acids is 3. The quantitative estimate of drug-likeness (QED) is 0.802. The largest absolute Gasteiger partial charge is 0.459 e. The van der Waals surface area contributed by atoms with Gasteiger partial charge < -0.3 is 19.1 Å². The maximum Gasteiger partial charge on any atom is 0.289 e. The normalized spacial score (nSPS) is 24.3. The van der Waals surface area contributed by atoms with Crippen molar-refractivity contribution in [1.29, 1.82) is 0 Å². The van der Waals surface area contributed by atoms with Crippen molar-refractivity contribution in [2.45, 2.75) is 20.3 Å². The van der Waals surface area contributed by atoms with Crippen LogP contribution in [0.4, 0.5) is 0 Å². The van der Waals surface area contributed by atoms with Crippen LogP contribution >= 0.6 is 0 Å². The monoisotopic (exact) mass is 347 g/mol. The van der Waals surface area contributed by atoms with E-state index in [0.717, 1.165) is 0 Å². The third-order valence-electron chi connectivity index (χ3n) is 5.04. The minimum absolute atomic E-state index is 0.0595. The standard InChI is InChI=1S/C18H25N3O4/c1-13(2)16(23)20-6-7-21(17(24)14-5-4-8-25-14)12-18(11-20)9-15(22)19(3)10-18/h4-5,8,13H,6-7,9-12H2,1-3H3. The van der Waals surface area contributed by atoms with Gasteiger partial charge in [0.1, 0.15) is 0 Å². The summed E-state index contributed by atoms with van der Waals surface area (Å²) in [5.41, 5.74) is -0.421. The summed E-state index contributed by atoms with van der Waals surface area (Å²) in [4.78, 5) is 42.7. The van der Waals surface area contributed by atoms with E-state index in [1.807, 2.05) is 18.7 Å². The van der Waals surface area contributed by atoms with Crippen LogP contribution in [0.2, 0.25) is 0 Å². The van der Waals surface area contributed by atoms with Crippen molar-refractivity contribution < 1.29 is 18.8 Å². The molecule has 3 heterocycles. The lowest BCUT2D eigenvalue weighted by Gasteiger charge is -2.33. The molecule has 0 aromatic carbocycles. The summed E-state index contributed by atoms with van der Waals surface area (Å²) in [5, 5.41) is 0. The molecule has 1 atom stereocenters. The Bertz CT molecular complexity index is 670. The molecule has 2 aliphatic heterocycles. The van der Waals surface area contributed by atoms with Gasteiger partial charge in [-0.15, -0.1) is 0 Å². The highest BCUT2D eigenvalue weighted by atomic mass is 16.3. The third kappa shape index (κ3) is 3.41. The fourth-order valence-corrected chi connectivity index (χ4v) is 3.86. The van der Waals surface area contributed by atoms with E-state index in [4.69, 9.17) is 4.42 Å². The zero-order valence-corrected chi connectivity index (χ0v) is 15.0. The first-order valence-electron chi connectivity index (χ1n) is 8.67. The Morgan fingerprint density at radius 3 is 2.40 bits per heavy atom. The Labute approximate surface area is 147 Å². The molecule has 1 spiro atoms. The molecule has 136 valence electrons. The smallest absolute Gasteiger partial charge is 0.289 e. The van der Waals surface area contributed by atoms with Crippen molar-refractivity contribution >= 4 is 17.7 Å². The van der Waals surface area contributed by atoms with Crippen LogP contribution in [0.15, 0.2) is 22.8 Å². The molecule has 0 aliphatic carbocycles. The molecular formula is C18H25N3O4. The van der Waals surface area contributed by atoms with Gasteiger partial charge in [0.25, 0.3) is 5.91 Å². The highest BCUT2D eigenvalue weighted by Crippen LogP contribution is 2.35. The lowest BCUT2D eigenvalue weighted by molar-refractivity contribution is -0.135. The van der Waals surface area contributed by atoms with Gasteiger partial charge in [-0.3, -0.25) is 14.4 Å². The van der Waals surface area contributed by atoms with Gasteiger partial charge in [-0.25, -0.2) is 0 Å². The first kappa shape index (κ1) is 17.5. The van der Waals surface area contributed by atoms with Crippen molar-refractivity contribution in [3.8, 4) is 0 Å². The molecule has 3 rings (SSSR count). The molecular weight excluding hydrogens is 322 g/mol. The van der Waals surface area contributed by atoms with E-state index < -0.39 is 5.41 Å². The van der Waals surface area contributed by atoms with Crippen molar-refractivity contribution in [2.75, 3.05) is 39.8 Å². The molecule has 1 aromatic rings. The van der Waals surface area contributed by atoms with Crippen LogP contribution in [-0.4, -0.2) is 72.2 Å². The number of carbonyl (C=O) groups is 3. The lowest BCUT2D eigenvalue weighted by Crippen LogP contribution is -2.45. The summed E-state index contributed by atoms with van der Waals surface area (Å²) in [7, 11) is 1.77. The summed E-state index contributed by atoms with van der Waals surface area (Å²) < 4.78 is 5.25. The van der Waals surface area contributed by atoms with Gasteiger partial charge in [0.05, 0.1) is 6.26 Å². The van der Waals surface area contributed by atoms with Crippen LogP contribution in [0, 0.1) is 11.3 Å². The van der Waals surface area contributed by atoms with Gasteiger partial charge >= 0.3 is 0 Å². The fraction of sp³-hybridized carbons (Fsp3) is 0.611. The third-order valence-corrected chi connectivity index (χ3v) is 5.04. The van der Waals surface area contributed by atoms with E-state index >= 15 is 0 Å². The second-order valence-corrected chi connectivity index (χ2v) is 7.55. The minimum Gasteiger partial charge on any atom is -0.459 e. The number of rotatable bonds is 2. The molecule has 7 nitrogen and oxygen atoms in total. The number of hydrogen-bond acceptors (Lipinski definition) is 4. The molecule has 2 aliphatic rings. The highest BCUT2D eigenvalue weighted by Gasteiger charge is 2.47. The van der Waals surface area contributed by atoms with Crippen molar-refractivity contribution in [1.82, 2.24) is 14.7 Å². The predicted octanol–water partition coefficient (Wildman–Crippen LogP) is 1.07. The van der Waals surface area contributed by atoms with Gasteiger partial charge in [-0.05, 0) is 12.1 Å². The Hall–Kier alpha value is -2.31. The van der Waals surface area contributed by atoms with Gasteiger partial charge in [0, 0.05) is 57.5 Å². The minimum atomic E-state index is -0.421. The second-order valence-electron chi connectivity index (χ2n) is 7.55. The molecule has 0 bridgehead atoms. The van der Waals surface area contributed by atoms with Crippen molar-refractivity contribution in [3.63, 3.8) is 0 Å². The molecule has 7 heteroatoms. The maximum absolute atomic E-state index is 12.8. The van der Waals surface area contributed by atoms with Crippen LogP contribution in [0.25, 0.3) is 0 Å². The summed E-state index contributed by atoms with van der Waals surface area (Å²) in [5.74, 6) is 0.110. The van der Waals surface area contributed by atoms with E-state index in [0.29, 0.717) is 39.1 Å². The Morgan fingerprint density at radius 1 is 1.16 bits per heavy atom. The molecule has 25 heavy (non-hydrogen) atoms. The Morgan fingerprint density at radius 2 is 1.84 bits per heavy atom. The zero-order valence-electron chi connectivity index (χ0n) is 15.0. The molecule has 1 aromatic heterocycles. The first-order valence-corrected chi connectivity index (χ1v) is 8.67. The van der Waals surface area contributed by atoms with Crippen LogP contribution < -0.4 is 0 Å². The SMILES string of the molecule is CC(C)C(=O)N1CCN(C(=O)c2ccco2)CC2(CC(=O)N(C)C2)C1. The van der Waals surface area contributed by atoms with Gasteiger partial charge in [0.2, 0.25) is 11.8 Å². The van der Waals surface area contributed by atoms with Gasteiger partial charge in [0.15, 0.2) is 5.76 Å². The van der Waals surface area contributed by atoms with Crippen molar-refractivity contribution in [3.05, 3.63) is 24.2 Å². The predicted molar refractivity (Wildman–Crippen MR) is 90.7 cm³/mol. The first-order chi connectivity index (χ1) is 11.8. The maximum atomic E-state index is 12.8. The topological polar surface area (TPSA) is 74.1 Å².